The number of nitrogens with zero attached hydrogens (tertiary/aromatic N) is 2. The van der Waals surface area contributed by atoms with Crippen molar-refractivity contribution in [1.82, 2.24) is 10.2 Å². The van der Waals surface area contributed by atoms with E-state index in [4.69, 9.17) is 4.74 Å². The number of anilines is 1. The number of carbonyl (C=O) groups excluding carboxylic acids is 2. The summed E-state index contributed by atoms with van der Waals surface area (Å²) in [7, 11) is -3.82. The molecule has 0 aliphatic heterocycles. The Labute approximate surface area is 243 Å². The van der Waals surface area contributed by atoms with Crippen molar-refractivity contribution in [2.24, 2.45) is 0 Å². The van der Waals surface area contributed by atoms with Gasteiger partial charge in [-0.15, -0.1) is 0 Å². The summed E-state index contributed by atoms with van der Waals surface area (Å²) in [5.74, 6) is -0.113. The number of hydrogen-bond acceptors (Lipinski definition) is 5. The molecule has 218 valence electrons. The van der Waals surface area contributed by atoms with E-state index in [-0.39, 0.29) is 18.5 Å². The quantitative estimate of drug-likeness (QED) is 0.333. The lowest BCUT2D eigenvalue weighted by molar-refractivity contribution is -0.139. The topological polar surface area (TPSA) is 96.0 Å². The van der Waals surface area contributed by atoms with E-state index in [2.05, 4.69) is 5.32 Å². The van der Waals surface area contributed by atoms with Crippen molar-refractivity contribution in [3.05, 3.63) is 95.6 Å². The lowest BCUT2D eigenvalue weighted by atomic mass is 10.1. The zero-order valence-corrected chi connectivity index (χ0v) is 24.8. The first kappa shape index (κ1) is 30.1. The molecule has 0 saturated heterocycles. The molecule has 41 heavy (non-hydrogen) atoms. The molecule has 1 N–H and O–H groups in total. The Bertz CT molecular complexity index is 1420. The van der Waals surface area contributed by atoms with E-state index in [1.54, 1.807) is 31.2 Å². The zero-order chi connectivity index (χ0) is 29.4. The fourth-order valence-corrected chi connectivity index (χ4v) is 5.86. The van der Waals surface area contributed by atoms with Crippen molar-refractivity contribution in [2.45, 2.75) is 64.8 Å². The minimum absolute atomic E-state index is 0.107. The highest BCUT2D eigenvalue weighted by atomic mass is 32.2. The molecule has 2 amide bonds. The third-order valence-corrected chi connectivity index (χ3v) is 8.66. The summed E-state index contributed by atoms with van der Waals surface area (Å²) in [6, 6.07) is 23.3. The third kappa shape index (κ3) is 8.33. The minimum Gasteiger partial charge on any atom is -0.489 e. The van der Waals surface area contributed by atoms with Crippen LogP contribution in [0.1, 0.15) is 49.3 Å². The summed E-state index contributed by atoms with van der Waals surface area (Å²) in [6.45, 7) is 3.78. The molecule has 1 aliphatic rings. The molecule has 1 aliphatic carbocycles. The second-order valence-corrected chi connectivity index (χ2v) is 12.6. The van der Waals surface area contributed by atoms with Gasteiger partial charge in [-0.25, -0.2) is 8.42 Å². The summed E-state index contributed by atoms with van der Waals surface area (Å²) in [4.78, 5) is 28.5. The Morgan fingerprint density at radius 2 is 1.59 bits per heavy atom. The lowest BCUT2D eigenvalue weighted by Gasteiger charge is -2.32. The Kier molecular flexibility index (Phi) is 10.0. The Morgan fingerprint density at radius 1 is 0.951 bits per heavy atom. The van der Waals surface area contributed by atoms with Gasteiger partial charge in [-0.2, -0.15) is 0 Å². The Hall–Kier alpha value is -3.85. The molecule has 3 aromatic carbocycles. The first-order valence-corrected chi connectivity index (χ1v) is 15.9. The van der Waals surface area contributed by atoms with E-state index in [1.807, 2.05) is 61.5 Å². The normalized spacial score (nSPS) is 14.3. The number of sulfonamides is 1. The number of benzene rings is 3. The van der Waals surface area contributed by atoms with Crippen molar-refractivity contribution in [3.63, 3.8) is 0 Å². The first-order valence-electron chi connectivity index (χ1n) is 14.0. The number of rotatable bonds is 12. The largest absolute Gasteiger partial charge is 0.489 e. The first-order chi connectivity index (χ1) is 19.6. The van der Waals surface area contributed by atoms with Crippen LogP contribution in [0.4, 0.5) is 5.69 Å². The molecule has 1 atom stereocenters. The molecule has 1 saturated carbocycles. The maximum atomic E-state index is 13.8. The van der Waals surface area contributed by atoms with Crippen molar-refractivity contribution < 1.29 is 22.7 Å². The van der Waals surface area contributed by atoms with Gasteiger partial charge in [0.05, 0.1) is 11.9 Å². The van der Waals surface area contributed by atoms with Crippen molar-refractivity contribution in [2.75, 3.05) is 17.1 Å². The molecule has 1 fully saturated rings. The molecule has 0 spiro atoms. The van der Waals surface area contributed by atoms with Crippen LogP contribution >= 0.6 is 0 Å². The van der Waals surface area contributed by atoms with Gasteiger partial charge >= 0.3 is 0 Å². The highest BCUT2D eigenvalue weighted by Gasteiger charge is 2.31. The maximum Gasteiger partial charge on any atom is 0.244 e. The SMILES string of the molecule is Cc1ccccc1CN(C(=O)CN(c1ccc(OCc2ccccc2)cc1)S(C)(=O)=O)[C@H](C)C(=O)NC1CCCC1. The van der Waals surface area contributed by atoms with E-state index in [0.29, 0.717) is 18.0 Å². The van der Waals surface area contributed by atoms with Crippen molar-refractivity contribution in [1.29, 1.82) is 0 Å². The van der Waals surface area contributed by atoms with Crippen LogP contribution in [0.15, 0.2) is 78.9 Å². The highest BCUT2D eigenvalue weighted by Crippen LogP contribution is 2.24. The molecule has 0 unspecified atom stereocenters. The van der Waals surface area contributed by atoms with Crippen LogP contribution < -0.4 is 14.4 Å². The number of amides is 2. The van der Waals surface area contributed by atoms with Gasteiger partial charge in [0.15, 0.2) is 0 Å². The van der Waals surface area contributed by atoms with Crippen LogP contribution in [0.3, 0.4) is 0 Å². The predicted octanol–water partition coefficient (Wildman–Crippen LogP) is 4.82. The predicted molar refractivity (Wildman–Crippen MR) is 161 cm³/mol. The van der Waals surface area contributed by atoms with Gasteiger partial charge in [0.25, 0.3) is 0 Å². The van der Waals surface area contributed by atoms with Crippen LogP contribution in [-0.4, -0.2) is 50.0 Å². The van der Waals surface area contributed by atoms with Gasteiger partial charge in [-0.1, -0.05) is 67.4 Å². The number of carbonyl (C=O) groups is 2. The molecule has 8 nitrogen and oxygen atoms in total. The smallest absolute Gasteiger partial charge is 0.244 e. The highest BCUT2D eigenvalue weighted by molar-refractivity contribution is 7.92. The molecule has 3 aromatic rings. The molecular weight excluding hydrogens is 538 g/mol. The number of aryl methyl sites for hydroxylation is 1. The minimum atomic E-state index is -3.82. The summed E-state index contributed by atoms with van der Waals surface area (Å²) in [5, 5.41) is 3.08. The number of hydrogen-bond donors (Lipinski definition) is 1. The number of ether oxygens (including phenoxy) is 1. The Balaban J connectivity index is 1.53. The van der Waals surface area contributed by atoms with Gasteiger partial charge in [0.2, 0.25) is 21.8 Å². The van der Waals surface area contributed by atoms with Crippen molar-refractivity contribution >= 4 is 27.5 Å². The van der Waals surface area contributed by atoms with Gasteiger partial charge in [-0.05, 0) is 67.6 Å². The van der Waals surface area contributed by atoms with E-state index in [0.717, 1.165) is 52.9 Å². The fraction of sp³-hybridized carbons (Fsp3) is 0.375. The summed E-state index contributed by atoms with van der Waals surface area (Å²) < 4.78 is 32.7. The summed E-state index contributed by atoms with van der Waals surface area (Å²) in [5.41, 5.74) is 3.23. The molecule has 0 aromatic heterocycles. The zero-order valence-electron chi connectivity index (χ0n) is 24.0. The standard InChI is InChI=1S/C32H39N3O5S/c1-24-11-7-8-14-27(24)21-34(25(2)32(37)33-28-15-9-10-16-28)31(36)22-35(41(3,38)39)29-17-19-30(20-18-29)40-23-26-12-5-4-6-13-26/h4-8,11-14,17-20,25,28H,9-10,15-16,21-23H2,1-3H3,(H,33,37)/t25-/m1/s1. The average molecular weight is 578 g/mol. The second-order valence-electron chi connectivity index (χ2n) is 10.7. The molecule has 0 bridgehead atoms. The molecular formula is C32H39N3O5S. The summed E-state index contributed by atoms with van der Waals surface area (Å²) in [6.07, 6.45) is 5.07. The van der Waals surface area contributed by atoms with Crippen LogP contribution in [0.5, 0.6) is 5.75 Å². The van der Waals surface area contributed by atoms with Crippen molar-refractivity contribution in [3.8, 4) is 5.75 Å². The van der Waals surface area contributed by atoms with Gasteiger partial charge < -0.3 is 15.0 Å². The lowest BCUT2D eigenvalue weighted by Crippen LogP contribution is -2.52. The molecule has 0 radical (unpaired) electrons. The van der Waals surface area contributed by atoms with Gasteiger partial charge in [0.1, 0.15) is 24.9 Å². The van der Waals surface area contributed by atoms with Crippen LogP contribution in [0.2, 0.25) is 0 Å². The maximum absolute atomic E-state index is 13.8. The second kappa shape index (κ2) is 13.7. The van der Waals surface area contributed by atoms with E-state index >= 15 is 0 Å². The fourth-order valence-electron chi connectivity index (χ4n) is 5.01. The van der Waals surface area contributed by atoms with Gasteiger partial charge in [-0.3, -0.25) is 13.9 Å². The molecule has 4 rings (SSSR count). The third-order valence-electron chi connectivity index (χ3n) is 7.52. The summed E-state index contributed by atoms with van der Waals surface area (Å²) >= 11 is 0. The van der Waals surface area contributed by atoms with E-state index in [9.17, 15) is 18.0 Å². The average Bonchev–Trinajstić information content (AvgIpc) is 3.47. The van der Waals surface area contributed by atoms with Crippen LogP contribution in [0, 0.1) is 6.92 Å². The van der Waals surface area contributed by atoms with Gasteiger partial charge in [0, 0.05) is 12.6 Å². The van der Waals surface area contributed by atoms with E-state index in [1.165, 1.54) is 4.90 Å². The number of nitrogens with one attached hydrogen (secondary N) is 1. The van der Waals surface area contributed by atoms with E-state index < -0.39 is 28.5 Å². The molecule has 9 heteroatoms. The molecule has 0 heterocycles. The Morgan fingerprint density at radius 3 is 2.22 bits per heavy atom. The van der Waals surface area contributed by atoms with Crippen LogP contribution in [0.25, 0.3) is 0 Å². The van der Waals surface area contributed by atoms with Crippen LogP contribution in [-0.2, 0) is 32.8 Å². The monoisotopic (exact) mass is 577 g/mol.